The van der Waals surface area contributed by atoms with Gasteiger partial charge in [-0.2, -0.15) is 0 Å². The number of fused-ring (bicyclic) bond motifs is 1. The molecule has 0 bridgehead atoms. The van der Waals surface area contributed by atoms with Crippen LogP contribution in [0.4, 0.5) is 5.69 Å². The van der Waals surface area contributed by atoms with Crippen molar-refractivity contribution < 1.29 is 9.84 Å². The maximum absolute atomic E-state index is 8.94. The molecule has 0 saturated carbocycles. The van der Waals surface area contributed by atoms with E-state index in [4.69, 9.17) is 9.84 Å². The Balaban J connectivity index is 1.75. The van der Waals surface area contributed by atoms with Gasteiger partial charge in [0.05, 0.1) is 19.3 Å². The highest BCUT2D eigenvalue weighted by molar-refractivity contribution is 5.49. The van der Waals surface area contributed by atoms with Crippen molar-refractivity contribution >= 4 is 5.69 Å². The number of aryl methyl sites for hydroxylation is 1. The van der Waals surface area contributed by atoms with Crippen LogP contribution in [-0.4, -0.2) is 18.3 Å². The molecule has 3 nitrogen and oxygen atoms in total. The third-order valence-corrected chi connectivity index (χ3v) is 3.86. The lowest BCUT2D eigenvalue weighted by Gasteiger charge is -2.27. The maximum Gasteiger partial charge on any atom is 0.0751 e. The van der Waals surface area contributed by atoms with Gasteiger partial charge in [0.25, 0.3) is 0 Å². The minimum atomic E-state index is 0.197. The van der Waals surface area contributed by atoms with Gasteiger partial charge in [0, 0.05) is 12.3 Å². The number of hydrogen-bond donors (Lipinski definition) is 2. The lowest BCUT2D eigenvalue weighted by molar-refractivity contribution is 0.0970. The Morgan fingerprint density at radius 3 is 2.95 bits per heavy atom. The Morgan fingerprint density at radius 1 is 1.14 bits per heavy atom. The molecule has 1 aliphatic heterocycles. The standard InChI is InChI=1S/C18H21NO2/c20-10-4-6-14-5-3-8-16(11-14)19-18-13-21-12-15-7-1-2-9-17(15)18/h1-3,5,7-9,11,18-20H,4,6,10,12-13H2. The predicted molar refractivity (Wildman–Crippen MR) is 84.3 cm³/mol. The van der Waals surface area contributed by atoms with E-state index in [0.29, 0.717) is 13.2 Å². The van der Waals surface area contributed by atoms with Crippen molar-refractivity contribution in [2.24, 2.45) is 0 Å². The van der Waals surface area contributed by atoms with E-state index in [2.05, 4.69) is 53.8 Å². The zero-order valence-corrected chi connectivity index (χ0v) is 12.1. The fraction of sp³-hybridized carbons (Fsp3) is 0.333. The van der Waals surface area contributed by atoms with Crippen molar-refractivity contribution in [3.05, 3.63) is 65.2 Å². The maximum atomic E-state index is 8.94. The smallest absolute Gasteiger partial charge is 0.0751 e. The number of anilines is 1. The summed E-state index contributed by atoms with van der Waals surface area (Å²) in [6, 6.07) is 17.0. The van der Waals surface area contributed by atoms with Crippen molar-refractivity contribution in [2.45, 2.75) is 25.5 Å². The summed E-state index contributed by atoms with van der Waals surface area (Å²) in [4.78, 5) is 0. The number of benzene rings is 2. The molecule has 1 heterocycles. The number of nitrogens with one attached hydrogen (secondary N) is 1. The highest BCUT2D eigenvalue weighted by Crippen LogP contribution is 2.28. The van der Waals surface area contributed by atoms with E-state index >= 15 is 0 Å². The molecule has 0 amide bonds. The van der Waals surface area contributed by atoms with Crippen LogP contribution in [0.1, 0.15) is 29.2 Å². The topological polar surface area (TPSA) is 41.5 Å². The van der Waals surface area contributed by atoms with Gasteiger partial charge >= 0.3 is 0 Å². The van der Waals surface area contributed by atoms with Crippen molar-refractivity contribution in [3.63, 3.8) is 0 Å². The molecule has 3 rings (SSSR count). The summed E-state index contributed by atoms with van der Waals surface area (Å²) < 4.78 is 5.68. The van der Waals surface area contributed by atoms with E-state index in [1.165, 1.54) is 16.7 Å². The largest absolute Gasteiger partial charge is 0.396 e. The van der Waals surface area contributed by atoms with E-state index in [1.54, 1.807) is 0 Å². The van der Waals surface area contributed by atoms with Gasteiger partial charge in [-0.15, -0.1) is 0 Å². The molecule has 110 valence electrons. The zero-order valence-electron chi connectivity index (χ0n) is 12.1. The zero-order chi connectivity index (χ0) is 14.5. The molecule has 1 aliphatic rings. The molecule has 0 aliphatic carbocycles. The van der Waals surface area contributed by atoms with Crippen LogP contribution in [-0.2, 0) is 17.8 Å². The summed E-state index contributed by atoms with van der Waals surface area (Å²) >= 11 is 0. The normalized spacial score (nSPS) is 17.3. The minimum absolute atomic E-state index is 0.197. The molecule has 0 aromatic heterocycles. The van der Waals surface area contributed by atoms with Crippen LogP contribution in [0.5, 0.6) is 0 Å². The molecular formula is C18H21NO2. The lowest BCUT2D eigenvalue weighted by atomic mass is 9.98. The summed E-state index contributed by atoms with van der Waals surface area (Å²) in [5.74, 6) is 0. The Bertz CT molecular complexity index is 597. The SMILES string of the molecule is OCCCc1cccc(NC2COCc3ccccc32)c1. The van der Waals surface area contributed by atoms with Gasteiger partial charge in [-0.25, -0.2) is 0 Å². The van der Waals surface area contributed by atoms with Gasteiger partial charge in [-0.05, 0) is 41.7 Å². The van der Waals surface area contributed by atoms with E-state index in [9.17, 15) is 0 Å². The first kappa shape index (κ1) is 14.1. The Labute approximate surface area is 125 Å². The van der Waals surface area contributed by atoms with Crippen LogP contribution in [0.15, 0.2) is 48.5 Å². The Hall–Kier alpha value is -1.84. The molecule has 0 fully saturated rings. The van der Waals surface area contributed by atoms with Crippen LogP contribution >= 0.6 is 0 Å². The molecule has 0 spiro atoms. The van der Waals surface area contributed by atoms with E-state index in [0.717, 1.165) is 18.5 Å². The van der Waals surface area contributed by atoms with E-state index in [1.807, 2.05) is 0 Å². The highest BCUT2D eigenvalue weighted by Gasteiger charge is 2.19. The molecular weight excluding hydrogens is 262 g/mol. The number of aliphatic hydroxyl groups excluding tert-OH is 1. The highest BCUT2D eigenvalue weighted by atomic mass is 16.5. The molecule has 1 unspecified atom stereocenters. The van der Waals surface area contributed by atoms with Crippen LogP contribution in [0.2, 0.25) is 0 Å². The molecule has 3 heteroatoms. The third-order valence-electron chi connectivity index (χ3n) is 3.86. The fourth-order valence-corrected chi connectivity index (χ4v) is 2.80. The summed E-state index contributed by atoms with van der Waals surface area (Å²) in [7, 11) is 0. The summed E-state index contributed by atoms with van der Waals surface area (Å²) in [6.07, 6.45) is 1.71. The average Bonchev–Trinajstić information content (AvgIpc) is 2.54. The predicted octanol–water partition coefficient (Wildman–Crippen LogP) is 3.29. The van der Waals surface area contributed by atoms with E-state index < -0.39 is 0 Å². The van der Waals surface area contributed by atoms with Crippen molar-refractivity contribution in [3.8, 4) is 0 Å². The van der Waals surface area contributed by atoms with Gasteiger partial charge in [-0.3, -0.25) is 0 Å². The Kier molecular flexibility index (Phi) is 4.53. The van der Waals surface area contributed by atoms with Gasteiger partial charge in [0.1, 0.15) is 0 Å². The molecule has 2 aromatic rings. The second-order valence-electron chi connectivity index (χ2n) is 5.44. The number of hydrogen-bond acceptors (Lipinski definition) is 3. The summed E-state index contributed by atoms with van der Waals surface area (Å²) in [6.45, 7) is 1.63. The summed E-state index contributed by atoms with van der Waals surface area (Å²) in [5.41, 5.74) is 4.94. The molecule has 21 heavy (non-hydrogen) atoms. The second kappa shape index (κ2) is 6.74. The number of aliphatic hydroxyl groups is 1. The van der Waals surface area contributed by atoms with Gasteiger partial charge < -0.3 is 15.2 Å². The van der Waals surface area contributed by atoms with Gasteiger partial charge in [0.2, 0.25) is 0 Å². The van der Waals surface area contributed by atoms with Crippen molar-refractivity contribution in [1.82, 2.24) is 0 Å². The van der Waals surface area contributed by atoms with Crippen LogP contribution in [0, 0.1) is 0 Å². The van der Waals surface area contributed by atoms with Crippen molar-refractivity contribution in [2.75, 3.05) is 18.5 Å². The van der Waals surface area contributed by atoms with Crippen LogP contribution < -0.4 is 5.32 Å². The van der Waals surface area contributed by atoms with Crippen molar-refractivity contribution in [1.29, 1.82) is 0 Å². The quantitative estimate of drug-likeness (QED) is 0.884. The van der Waals surface area contributed by atoms with Gasteiger partial charge in [0.15, 0.2) is 0 Å². The lowest BCUT2D eigenvalue weighted by Crippen LogP contribution is -2.23. The van der Waals surface area contributed by atoms with Crippen LogP contribution in [0.25, 0.3) is 0 Å². The minimum Gasteiger partial charge on any atom is -0.396 e. The molecule has 0 saturated heterocycles. The number of ether oxygens (including phenoxy) is 1. The van der Waals surface area contributed by atoms with Gasteiger partial charge in [-0.1, -0.05) is 36.4 Å². The Morgan fingerprint density at radius 2 is 2.05 bits per heavy atom. The molecule has 0 radical (unpaired) electrons. The van der Waals surface area contributed by atoms with E-state index in [-0.39, 0.29) is 12.6 Å². The molecule has 2 N–H and O–H groups in total. The summed E-state index contributed by atoms with van der Waals surface area (Å²) in [5, 5.41) is 12.5. The number of rotatable bonds is 5. The second-order valence-corrected chi connectivity index (χ2v) is 5.44. The van der Waals surface area contributed by atoms with Crippen LogP contribution in [0.3, 0.4) is 0 Å². The first-order chi connectivity index (χ1) is 10.4. The first-order valence-electron chi connectivity index (χ1n) is 7.49. The molecule has 1 atom stereocenters. The first-order valence-corrected chi connectivity index (χ1v) is 7.49. The third kappa shape index (κ3) is 3.43. The average molecular weight is 283 g/mol. The fourth-order valence-electron chi connectivity index (χ4n) is 2.80. The monoisotopic (exact) mass is 283 g/mol. The molecule has 2 aromatic carbocycles.